The van der Waals surface area contributed by atoms with E-state index in [0.29, 0.717) is 0 Å². The average Bonchev–Trinajstić information content (AvgIpc) is 2.32. The number of hydrogen-bond donors (Lipinski definition) is 0. The largest absolute Gasteiger partial charge is 0.295 e. The molecule has 0 unspecified atom stereocenters. The van der Waals surface area contributed by atoms with Crippen LogP contribution in [0.2, 0.25) is 0 Å². The monoisotopic (exact) mass is 276 g/mol. The summed E-state index contributed by atoms with van der Waals surface area (Å²) < 4.78 is 1.13. The fraction of sp³-hybridized carbons (Fsp3) is 0.0714. The number of carbonyl (C=O) groups is 1. The van der Waals surface area contributed by atoms with Crippen molar-refractivity contribution in [2.24, 2.45) is 0 Å². The molecule has 2 heteroatoms. The minimum absolute atomic E-state index is 0.121. The third-order valence-electron chi connectivity index (χ3n) is 1.91. The van der Waals surface area contributed by atoms with Gasteiger partial charge in [0.1, 0.15) is 0 Å². The second kappa shape index (κ2) is 6.96. The number of rotatable bonds is 1. The second-order valence-electron chi connectivity index (χ2n) is 3.22. The number of ketones is 1. The lowest BCUT2D eigenvalue weighted by Gasteiger charge is -1.89. The minimum atomic E-state index is 0.121. The van der Waals surface area contributed by atoms with Crippen molar-refractivity contribution >= 4 is 21.7 Å². The zero-order chi connectivity index (χ0) is 11.8. The molecule has 0 fully saturated rings. The zero-order valence-corrected chi connectivity index (χ0v) is 10.6. The molecule has 1 nitrogen and oxygen atoms in total. The van der Waals surface area contributed by atoms with Gasteiger partial charge in [0.15, 0.2) is 5.78 Å². The van der Waals surface area contributed by atoms with Gasteiger partial charge in [0.05, 0.1) is 0 Å². The van der Waals surface area contributed by atoms with Crippen molar-refractivity contribution in [2.75, 3.05) is 0 Å². The van der Waals surface area contributed by atoms with Crippen molar-refractivity contribution in [3.63, 3.8) is 0 Å². The van der Waals surface area contributed by atoms with Crippen molar-refractivity contribution in [3.05, 3.63) is 70.7 Å². The summed E-state index contributed by atoms with van der Waals surface area (Å²) in [5.74, 6) is 0.121. The smallest absolute Gasteiger partial charge is 0.159 e. The van der Waals surface area contributed by atoms with Crippen molar-refractivity contribution in [1.29, 1.82) is 0 Å². The summed E-state index contributed by atoms with van der Waals surface area (Å²) in [6.07, 6.45) is 0. The molecule has 0 amide bonds. The molecule has 0 radical (unpaired) electrons. The highest BCUT2D eigenvalue weighted by molar-refractivity contribution is 9.10. The normalized spacial score (nSPS) is 8.88. The molecule has 0 aliphatic heterocycles. The molecule has 0 saturated carbocycles. The quantitative estimate of drug-likeness (QED) is 0.709. The van der Waals surface area contributed by atoms with Gasteiger partial charge in [-0.3, -0.25) is 4.79 Å². The number of halogens is 1. The number of benzene rings is 2. The fourth-order valence-corrected chi connectivity index (χ4v) is 1.39. The van der Waals surface area contributed by atoms with Crippen molar-refractivity contribution in [1.82, 2.24) is 0 Å². The summed E-state index contributed by atoms with van der Waals surface area (Å²) in [6, 6.07) is 19.2. The Morgan fingerprint density at radius 1 is 0.875 bits per heavy atom. The molecule has 0 N–H and O–H groups in total. The predicted octanol–water partition coefficient (Wildman–Crippen LogP) is 4.34. The van der Waals surface area contributed by atoms with Crippen LogP contribution >= 0.6 is 15.9 Å². The zero-order valence-electron chi connectivity index (χ0n) is 9.06. The first kappa shape index (κ1) is 12.7. The van der Waals surface area contributed by atoms with Gasteiger partial charge in [-0.2, -0.15) is 0 Å². The Bertz CT molecular complexity index is 423. The van der Waals surface area contributed by atoms with E-state index in [4.69, 9.17) is 0 Å². The third kappa shape index (κ3) is 4.89. The van der Waals surface area contributed by atoms with Gasteiger partial charge < -0.3 is 0 Å². The molecule has 0 atom stereocenters. The van der Waals surface area contributed by atoms with E-state index in [1.807, 2.05) is 60.7 Å². The van der Waals surface area contributed by atoms with Gasteiger partial charge in [0.25, 0.3) is 0 Å². The van der Waals surface area contributed by atoms with Crippen LogP contribution in [0.1, 0.15) is 17.3 Å². The van der Waals surface area contributed by atoms with Crippen molar-refractivity contribution in [2.45, 2.75) is 6.92 Å². The molecule has 2 aromatic rings. The first-order valence-electron chi connectivity index (χ1n) is 4.96. The molecule has 2 rings (SSSR count). The summed E-state index contributed by atoms with van der Waals surface area (Å²) in [5, 5.41) is 0. The third-order valence-corrected chi connectivity index (χ3v) is 2.44. The van der Waals surface area contributed by atoms with Gasteiger partial charge in [-0.15, -0.1) is 0 Å². The van der Waals surface area contributed by atoms with Crippen LogP contribution in [0.25, 0.3) is 0 Å². The molecular weight excluding hydrogens is 264 g/mol. The molecule has 0 aliphatic rings. The van der Waals surface area contributed by atoms with Gasteiger partial charge in [-0.05, 0) is 19.1 Å². The lowest BCUT2D eigenvalue weighted by Crippen LogP contribution is -1.88. The van der Waals surface area contributed by atoms with Gasteiger partial charge in [0, 0.05) is 10.0 Å². The Labute approximate surface area is 104 Å². The maximum Gasteiger partial charge on any atom is 0.159 e. The maximum atomic E-state index is 10.6. The molecule has 0 bridgehead atoms. The van der Waals surface area contributed by atoms with E-state index < -0.39 is 0 Å². The standard InChI is InChI=1S/C8H8O.C6H5Br/c1-7(9)8-5-3-2-4-6-8;7-6-4-2-1-3-5-6/h2-6H,1H3;1-5H. The molecular formula is C14H13BrO. The Morgan fingerprint density at radius 3 is 1.56 bits per heavy atom. The average molecular weight is 277 g/mol. The molecule has 16 heavy (non-hydrogen) atoms. The first-order chi connectivity index (χ1) is 7.70. The first-order valence-corrected chi connectivity index (χ1v) is 5.76. The van der Waals surface area contributed by atoms with Crippen LogP contribution in [-0.4, -0.2) is 5.78 Å². The summed E-state index contributed by atoms with van der Waals surface area (Å²) in [4.78, 5) is 10.6. The molecule has 0 heterocycles. The maximum absolute atomic E-state index is 10.6. The predicted molar refractivity (Wildman–Crippen MR) is 70.6 cm³/mol. The van der Waals surface area contributed by atoms with E-state index in [1.165, 1.54) is 0 Å². The van der Waals surface area contributed by atoms with Crippen LogP contribution in [-0.2, 0) is 0 Å². The van der Waals surface area contributed by atoms with Gasteiger partial charge in [-0.25, -0.2) is 0 Å². The summed E-state index contributed by atoms with van der Waals surface area (Å²) >= 11 is 3.31. The van der Waals surface area contributed by atoms with Crippen LogP contribution in [0.15, 0.2) is 65.1 Å². The lowest BCUT2D eigenvalue weighted by atomic mass is 10.2. The molecule has 0 aromatic heterocycles. The van der Waals surface area contributed by atoms with E-state index in [2.05, 4.69) is 15.9 Å². The van der Waals surface area contributed by atoms with Crippen molar-refractivity contribution < 1.29 is 4.79 Å². The minimum Gasteiger partial charge on any atom is -0.295 e. The van der Waals surface area contributed by atoms with Crippen molar-refractivity contribution in [3.8, 4) is 0 Å². The topological polar surface area (TPSA) is 17.1 Å². The fourth-order valence-electron chi connectivity index (χ4n) is 1.09. The van der Waals surface area contributed by atoms with E-state index in [9.17, 15) is 4.79 Å². The molecule has 2 aromatic carbocycles. The van der Waals surface area contributed by atoms with Crippen LogP contribution in [0.5, 0.6) is 0 Å². The number of carbonyl (C=O) groups excluding carboxylic acids is 1. The SMILES string of the molecule is Brc1ccccc1.CC(=O)c1ccccc1. The van der Waals surface area contributed by atoms with E-state index >= 15 is 0 Å². The van der Waals surface area contributed by atoms with Gasteiger partial charge in [0.2, 0.25) is 0 Å². The van der Waals surface area contributed by atoms with Crippen LogP contribution in [0.3, 0.4) is 0 Å². The van der Waals surface area contributed by atoms with Gasteiger partial charge in [-0.1, -0.05) is 64.5 Å². The van der Waals surface area contributed by atoms with E-state index in [0.717, 1.165) is 10.0 Å². The highest BCUT2D eigenvalue weighted by Crippen LogP contribution is 2.05. The highest BCUT2D eigenvalue weighted by atomic mass is 79.9. The molecule has 0 spiro atoms. The summed E-state index contributed by atoms with van der Waals surface area (Å²) in [5.41, 5.74) is 0.775. The molecule has 0 aliphatic carbocycles. The lowest BCUT2D eigenvalue weighted by molar-refractivity contribution is 0.101. The molecule has 82 valence electrons. The summed E-state index contributed by atoms with van der Waals surface area (Å²) in [7, 11) is 0. The highest BCUT2D eigenvalue weighted by Gasteiger charge is 1.92. The van der Waals surface area contributed by atoms with Gasteiger partial charge >= 0.3 is 0 Å². The van der Waals surface area contributed by atoms with Crippen LogP contribution in [0.4, 0.5) is 0 Å². The second-order valence-corrected chi connectivity index (χ2v) is 4.13. The number of hydrogen-bond acceptors (Lipinski definition) is 1. The van der Waals surface area contributed by atoms with Crippen LogP contribution in [0, 0.1) is 0 Å². The van der Waals surface area contributed by atoms with Crippen LogP contribution < -0.4 is 0 Å². The Hall–Kier alpha value is -1.41. The summed E-state index contributed by atoms with van der Waals surface area (Å²) in [6.45, 7) is 1.56. The van der Waals surface area contributed by atoms with E-state index in [1.54, 1.807) is 6.92 Å². The Morgan fingerprint density at radius 2 is 1.31 bits per heavy atom. The van der Waals surface area contributed by atoms with E-state index in [-0.39, 0.29) is 5.78 Å². The Kier molecular flexibility index (Phi) is 5.51. The number of Topliss-reactive ketones (excluding diaryl/α,β-unsaturated/α-hetero) is 1. The Balaban J connectivity index is 0.000000165. The molecule has 0 saturated heterocycles.